The van der Waals surface area contributed by atoms with Gasteiger partial charge < -0.3 is 19.9 Å². The number of rotatable bonds is 6. The van der Waals surface area contributed by atoms with Crippen LogP contribution in [0.3, 0.4) is 0 Å². The predicted molar refractivity (Wildman–Crippen MR) is 139 cm³/mol. The van der Waals surface area contributed by atoms with Crippen molar-refractivity contribution >= 4 is 39.1 Å². The van der Waals surface area contributed by atoms with E-state index < -0.39 is 0 Å². The molecule has 3 aromatic carbocycles. The van der Waals surface area contributed by atoms with Gasteiger partial charge in [0.15, 0.2) is 6.61 Å². The smallest absolute Gasteiger partial charge is 0.262 e. The second kappa shape index (κ2) is 10.7. The summed E-state index contributed by atoms with van der Waals surface area (Å²) in [6, 6.07) is 21.2. The number of halogens is 1. The lowest BCUT2D eigenvalue weighted by Gasteiger charge is -2.36. The number of carbonyl (C=O) groups is 2. The molecule has 0 aliphatic carbocycles. The number of amides is 2. The van der Waals surface area contributed by atoms with Crippen molar-refractivity contribution in [2.24, 2.45) is 0 Å². The maximum Gasteiger partial charge on any atom is 0.262 e. The van der Waals surface area contributed by atoms with Crippen molar-refractivity contribution in [2.75, 3.05) is 43.0 Å². The number of anilines is 2. The zero-order valence-corrected chi connectivity index (χ0v) is 21.0. The number of nitrogens with zero attached hydrogens (tertiary/aromatic N) is 2. The van der Waals surface area contributed by atoms with Crippen LogP contribution in [0.1, 0.15) is 21.5 Å². The summed E-state index contributed by atoms with van der Waals surface area (Å²) >= 11 is 3.50. The standard InChI is InChI=1S/C27H28BrN3O3/c1-19-16-20(2)26(24(28)17-19)34-18-25(32)29-22-8-10-23(11-9-22)30-12-14-31(15-13-30)27(33)21-6-4-3-5-7-21/h3-11,16-17H,12-15,18H2,1-2H3,(H,29,32). The van der Waals surface area contributed by atoms with E-state index in [0.29, 0.717) is 18.8 Å². The van der Waals surface area contributed by atoms with E-state index in [1.54, 1.807) is 0 Å². The maximum atomic E-state index is 12.6. The average molecular weight is 522 g/mol. The minimum atomic E-state index is -0.215. The molecule has 0 spiro atoms. The second-order valence-electron chi connectivity index (χ2n) is 8.42. The fraction of sp³-hybridized carbons (Fsp3) is 0.259. The van der Waals surface area contributed by atoms with Gasteiger partial charge in [0.2, 0.25) is 0 Å². The van der Waals surface area contributed by atoms with E-state index in [-0.39, 0.29) is 18.4 Å². The van der Waals surface area contributed by atoms with Crippen molar-refractivity contribution in [1.82, 2.24) is 4.90 Å². The minimum absolute atomic E-state index is 0.0678. The molecular weight excluding hydrogens is 494 g/mol. The van der Waals surface area contributed by atoms with Crippen LogP contribution in [0.2, 0.25) is 0 Å². The third kappa shape index (κ3) is 5.78. The summed E-state index contributed by atoms with van der Waals surface area (Å²) in [6.45, 7) is 6.80. The van der Waals surface area contributed by atoms with Gasteiger partial charge in [-0.05, 0) is 83.4 Å². The summed E-state index contributed by atoms with van der Waals surface area (Å²) in [5, 5.41) is 2.88. The van der Waals surface area contributed by atoms with Gasteiger partial charge in [0.25, 0.3) is 11.8 Å². The number of ether oxygens (including phenoxy) is 1. The predicted octanol–water partition coefficient (Wildman–Crippen LogP) is 5.05. The van der Waals surface area contributed by atoms with Gasteiger partial charge in [-0.3, -0.25) is 9.59 Å². The highest BCUT2D eigenvalue weighted by Crippen LogP contribution is 2.30. The normalized spacial score (nSPS) is 13.5. The Bertz CT molecular complexity index is 1130. The summed E-state index contributed by atoms with van der Waals surface area (Å²) in [7, 11) is 0. The molecule has 1 fully saturated rings. The SMILES string of the molecule is Cc1cc(C)c(OCC(=O)Nc2ccc(N3CCN(C(=O)c4ccccc4)CC3)cc2)c(Br)c1. The van der Waals surface area contributed by atoms with Crippen molar-refractivity contribution in [3.63, 3.8) is 0 Å². The minimum Gasteiger partial charge on any atom is -0.482 e. The lowest BCUT2D eigenvalue weighted by Crippen LogP contribution is -2.48. The Labute approximate surface area is 208 Å². The monoisotopic (exact) mass is 521 g/mol. The summed E-state index contributed by atoms with van der Waals surface area (Å²) in [5.74, 6) is 0.544. The number of hydrogen-bond donors (Lipinski definition) is 1. The lowest BCUT2D eigenvalue weighted by molar-refractivity contribution is -0.118. The molecule has 0 radical (unpaired) electrons. The van der Waals surface area contributed by atoms with Gasteiger partial charge in [-0.1, -0.05) is 24.3 Å². The molecule has 1 aliphatic heterocycles. The summed E-state index contributed by atoms with van der Waals surface area (Å²) in [6.07, 6.45) is 0. The number of nitrogens with one attached hydrogen (secondary N) is 1. The average Bonchev–Trinajstić information content (AvgIpc) is 2.84. The van der Waals surface area contributed by atoms with Crippen molar-refractivity contribution in [3.05, 3.63) is 87.9 Å². The molecule has 0 aromatic heterocycles. The van der Waals surface area contributed by atoms with Gasteiger partial charge in [-0.25, -0.2) is 0 Å². The zero-order valence-electron chi connectivity index (χ0n) is 19.4. The Morgan fingerprint density at radius 1 is 0.941 bits per heavy atom. The summed E-state index contributed by atoms with van der Waals surface area (Å²) in [4.78, 5) is 29.2. The zero-order chi connectivity index (χ0) is 24.1. The molecular formula is C27H28BrN3O3. The molecule has 1 saturated heterocycles. The molecule has 176 valence electrons. The van der Waals surface area contributed by atoms with Crippen molar-refractivity contribution in [3.8, 4) is 5.75 Å². The topological polar surface area (TPSA) is 61.9 Å². The Kier molecular flexibility index (Phi) is 7.53. The molecule has 0 saturated carbocycles. The van der Waals surface area contributed by atoms with E-state index >= 15 is 0 Å². The highest BCUT2D eigenvalue weighted by atomic mass is 79.9. The lowest BCUT2D eigenvalue weighted by atomic mass is 10.1. The maximum absolute atomic E-state index is 12.6. The van der Waals surface area contributed by atoms with Crippen LogP contribution in [0.4, 0.5) is 11.4 Å². The largest absolute Gasteiger partial charge is 0.482 e. The van der Waals surface area contributed by atoms with Gasteiger partial charge in [0.05, 0.1) is 4.47 Å². The molecule has 1 heterocycles. The molecule has 3 aromatic rings. The van der Waals surface area contributed by atoms with E-state index in [1.165, 1.54) is 0 Å². The Morgan fingerprint density at radius 3 is 2.26 bits per heavy atom. The van der Waals surface area contributed by atoms with Crippen molar-refractivity contribution in [2.45, 2.75) is 13.8 Å². The van der Waals surface area contributed by atoms with Crippen LogP contribution >= 0.6 is 15.9 Å². The Morgan fingerprint density at radius 2 is 1.62 bits per heavy atom. The Balaban J connectivity index is 1.27. The third-order valence-electron chi connectivity index (χ3n) is 5.83. The molecule has 0 unspecified atom stereocenters. The molecule has 0 bridgehead atoms. The van der Waals surface area contributed by atoms with E-state index in [4.69, 9.17) is 4.74 Å². The van der Waals surface area contributed by atoms with E-state index in [0.717, 1.165) is 45.6 Å². The first-order chi connectivity index (χ1) is 16.4. The first-order valence-electron chi connectivity index (χ1n) is 11.3. The van der Waals surface area contributed by atoms with E-state index in [2.05, 4.69) is 26.1 Å². The number of benzene rings is 3. The first kappa shape index (κ1) is 23.8. The second-order valence-corrected chi connectivity index (χ2v) is 9.28. The first-order valence-corrected chi connectivity index (χ1v) is 12.1. The summed E-state index contributed by atoms with van der Waals surface area (Å²) in [5.41, 5.74) is 4.63. The van der Waals surface area contributed by atoms with E-state index in [1.807, 2.05) is 85.5 Å². The quantitative estimate of drug-likeness (QED) is 0.493. The van der Waals surface area contributed by atoms with Gasteiger partial charge in [-0.15, -0.1) is 0 Å². The van der Waals surface area contributed by atoms with Crippen LogP contribution in [0.5, 0.6) is 5.75 Å². The van der Waals surface area contributed by atoms with Gasteiger partial charge >= 0.3 is 0 Å². The van der Waals surface area contributed by atoms with Crippen molar-refractivity contribution < 1.29 is 14.3 Å². The Hall–Kier alpha value is -3.32. The van der Waals surface area contributed by atoms with Crippen LogP contribution in [-0.2, 0) is 4.79 Å². The van der Waals surface area contributed by atoms with Crippen LogP contribution < -0.4 is 15.0 Å². The van der Waals surface area contributed by atoms with Gasteiger partial charge in [0, 0.05) is 43.1 Å². The molecule has 2 amide bonds. The fourth-order valence-corrected chi connectivity index (χ4v) is 4.89. The number of hydrogen-bond acceptors (Lipinski definition) is 4. The molecule has 4 rings (SSSR count). The highest BCUT2D eigenvalue weighted by molar-refractivity contribution is 9.10. The third-order valence-corrected chi connectivity index (χ3v) is 6.41. The molecule has 0 atom stereocenters. The number of aryl methyl sites for hydroxylation is 2. The van der Waals surface area contributed by atoms with Gasteiger partial charge in [-0.2, -0.15) is 0 Å². The molecule has 1 N–H and O–H groups in total. The van der Waals surface area contributed by atoms with Crippen LogP contribution in [0.25, 0.3) is 0 Å². The fourth-order valence-electron chi connectivity index (χ4n) is 4.11. The van der Waals surface area contributed by atoms with Crippen LogP contribution in [0.15, 0.2) is 71.2 Å². The van der Waals surface area contributed by atoms with Crippen LogP contribution in [0, 0.1) is 13.8 Å². The molecule has 1 aliphatic rings. The highest BCUT2D eigenvalue weighted by Gasteiger charge is 2.22. The molecule has 6 nitrogen and oxygen atoms in total. The summed E-state index contributed by atoms with van der Waals surface area (Å²) < 4.78 is 6.58. The van der Waals surface area contributed by atoms with Crippen molar-refractivity contribution in [1.29, 1.82) is 0 Å². The molecule has 34 heavy (non-hydrogen) atoms. The van der Waals surface area contributed by atoms with Crippen LogP contribution in [-0.4, -0.2) is 49.5 Å². The van der Waals surface area contributed by atoms with Gasteiger partial charge in [0.1, 0.15) is 5.75 Å². The number of carbonyl (C=O) groups excluding carboxylic acids is 2. The molecule has 7 heteroatoms. The number of piperazine rings is 1. The van der Waals surface area contributed by atoms with E-state index in [9.17, 15) is 9.59 Å².